The minimum atomic E-state index is 0. The molecule has 1 heteroatoms. The Hall–Kier alpha value is 1.05. The first kappa shape index (κ1) is 13.1. The quantitative estimate of drug-likeness (QED) is 0.608. The summed E-state index contributed by atoms with van der Waals surface area (Å²) >= 11 is 0. The van der Waals surface area contributed by atoms with Gasteiger partial charge in [0.25, 0.3) is 0 Å². The van der Waals surface area contributed by atoms with E-state index in [4.69, 9.17) is 0 Å². The first-order chi connectivity index (χ1) is 6.27. The predicted molar refractivity (Wildman–Crippen MR) is 57.3 cm³/mol. The summed E-state index contributed by atoms with van der Waals surface area (Å²) in [5.41, 5.74) is 0. The van der Waals surface area contributed by atoms with Crippen LogP contribution in [0.1, 0.15) is 52.4 Å². The molecule has 0 N–H and O–H groups in total. The summed E-state index contributed by atoms with van der Waals surface area (Å²) in [6, 6.07) is 0. The molecule has 0 nitrogen and oxygen atoms in total. The molecule has 0 aromatic heterocycles. The van der Waals surface area contributed by atoms with E-state index in [2.05, 4.69) is 20.3 Å². The van der Waals surface area contributed by atoms with Crippen LogP contribution in [-0.4, -0.2) is 0 Å². The van der Waals surface area contributed by atoms with Crippen molar-refractivity contribution in [2.45, 2.75) is 52.4 Å². The van der Waals surface area contributed by atoms with Crippen molar-refractivity contribution < 1.29 is 31.1 Å². The van der Waals surface area contributed by atoms with Gasteiger partial charge in [0.05, 0.1) is 0 Å². The van der Waals surface area contributed by atoms with Gasteiger partial charge in [-0.2, -0.15) is 11.8 Å². The van der Waals surface area contributed by atoms with E-state index in [1.807, 2.05) is 0 Å². The van der Waals surface area contributed by atoms with Gasteiger partial charge >= 0.3 is 0 Å². The van der Waals surface area contributed by atoms with E-state index < -0.39 is 0 Å². The number of rotatable bonds is 3. The molecule has 3 unspecified atom stereocenters. The molecule has 0 aliphatic heterocycles. The molecular weight excluding hydrogens is 394 g/mol. The summed E-state index contributed by atoms with van der Waals surface area (Å²) in [4.78, 5) is 0. The maximum absolute atomic E-state index is 2.52. The third-order valence-corrected chi connectivity index (χ3v) is 4.08. The summed E-state index contributed by atoms with van der Waals surface area (Å²) in [5.74, 6) is 3.95. The summed E-state index contributed by atoms with van der Waals surface area (Å²) < 4.78 is 0. The van der Waals surface area contributed by atoms with Gasteiger partial charge in [0.15, 0.2) is 0 Å². The van der Waals surface area contributed by atoms with E-state index >= 15 is 0 Å². The molecule has 0 saturated heterocycles. The summed E-state index contributed by atoms with van der Waals surface area (Å²) in [6.45, 7) is 4.82. The molecule has 0 amide bonds. The molecule has 2 aliphatic carbocycles. The van der Waals surface area contributed by atoms with Crippen LogP contribution in [0.25, 0.3) is 0 Å². The summed E-state index contributed by atoms with van der Waals surface area (Å²) in [6.07, 6.45) is 11.6. The van der Waals surface area contributed by atoms with Gasteiger partial charge in [0.1, 0.15) is 0 Å². The molecule has 14 heavy (non-hydrogen) atoms. The Kier molecular flexibility index (Phi) is 5.58. The van der Waals surface area contributed by atoms with Crippen LogP contribution in [0.4, 0.5) is 0 Å². The molecule has 2 saturated carbocycles. The van der Waals surface area contributed by atoms with Crippen LogP contribution in [0.15, 0.2) is 0 Å². The van der Waals surface area contributed by atoms with E-state index in [1.165, 1.54) is 38.5 Å². The van der Waals surface area contributed by atoms with E-state index in [0.717, 1.165) is 23.7 Å². The Morgan fingerprint density at radius 3 is 2.29 bits per heavy atom. The molecule has 0 spiro atoms. The first-order valence-corrected chi connectivity index (χ1v) is 6.12. The van der Waals surface area contributed by atoms with Crippen LogP contribution in [0.2, 0.25) is 0 Å². The van der Waals surface area contributed by atoms with Gasteiger partial charge in [0, 0.05) is 31.1 Å². The zero-order valence-corrected chi connectivity index (χ0v) is 13.8. The Bertz CT molecular complexity index is 161. The number of hydrogen-bond donors (Lipinski definition) is 0. The topological polar surface area (TPSA) is 0 Å². The maximum Gasteiger partial charge on any atom is 0 e. The molecule has 2 fully saturated rings. The van der Waals surface area contributed by atoms with Crippen LogP contribution in [0, 0.1) is 61.2 Å². The van der Waals surface area contributed by atoms with Gasteiger partial charge in [-0.3, -0.25) is 0 Å². The average Bonchev–Trinajstić information content (AvgIpc) is 2.84. The van der Waals surface area contributed by atoms with Crippen LogP contribution >= 0.6 is 0 Å². The largest absolute Gasteiger partial charge is 0.327 e. The van der Waals surface area contributed by atoms with Crippen LogP contribution < -0.4 is 0 Å². The van der Waals surface area contributed by atoms with E-state index in [9.17, 15) is 0 Å². The monoisotopic (exact) mass is 417 g/mol. The molecule has 80 valence electrons. The second kappa shape index (κ2) is 5.95. The van der Waals surface area contributed by atoms with Gasteiger partial charge < -0.3 is 6.42 Å². The standard InChI is InChI=1S/C13H23.U/c1-10(13-9-11(13)2)8-12-6-4-3-5-7-12;/h9-13H,3-8H2,1-2H3;/q-1;. The summed E-state index contributed by atoms with van der Waals surface area (Å²) in [5, 5.41) is 0. The molecule has 2 aliphatic rings. The van der Waals surface area contributed by atoms with Gasteiger partial charge in [-0.15, -0.1) is 0 Å². The van der Waals surface area contributed by atoms with Crippen molar-refractivity contribution in [3.8, 4) is 0 Å². The molecule has 0 heterocycles. The fourth-order valence-electron chi connectivity index (χ4n) is 3.10. The predicted octanol–water partition coefficient (Wildman–Crippen LogP) is 4.06. The van der Waals surface area contributed by atoms with Crippen LogP contribution in [0.3, 0.4) is 0 Å². The van der Waals surface area contributed by atoms with Crippen molar-refractivity contribution in [1.82, 2.24) is 0 Å². The maximum atomic E-state index is 2.52. The zero-order valence-electron chi connectivity index (χ0n) is 9.63. The third kappa shape index (κ3) is 3.57. The van der Waals surface area contributed by atoms with Crippen molar-refractivity contribution in [2.75, 3.05) is 0 Å². The van der Waals surface area contributed by atoms with Crippen molar-refractivity contribution in [2.24, 2.45) is 23.7 Å². The van der Waals surface area contributed by atoms with Crippen molar-refractivity contribution in [3.05, 3.63) is 6.42 Å². The van der Waals surface area contributed by atoms with Gasteiger partial charge in [0.2, 0.25) is 0 Å². The smallest absolute Gasteiger partial charge is 0 e. The van der Waals surface area contributed by atoms with Crippen molar-refractivity contribution >= 4 is 0 Å². The molecule has 0 aromatic rings. The second-order valence-corrected chi connectivity index (χ2v) is 5.35. The molecule has 0 bridgehead atoms. The van der Waals surface area contributed by atoms with Crippen LogP contribution in [-0.2, 0) is 0 Å². The average molecular weight is 417 g/mol. The summed E-state index contributed by atoms with van der Waals surface area (Å²) in [7, 11) is 0. The van der Waals surface area contributed by atoms with Gasteiger partial charge in [-0.1, -0.05) is 58.3 Å². The minimum absolute atomic E-state index is 0. The normalized spacial score (nSPS) is 34.7. The van der Waals surface area contributed by atoms with Crippen LogP contribution in [0.5, 0.6) is 0 Å². The molecule has 2 rings (SSSR count). The first-order valence-electron chi connectivity index (χ1n) is 6.12. The Labute approximate surface area is 113 Å². The zero-order chi connectivity index (χ0) is 9.26. The van der Waals surface area contributed by atoms with E-state index in [-0.39, 0.29) is 31.1 Å². The second-order valence-electron chi connectivity index (χ2n) is 5.35. The molecular formula is C13H23U-. The Balaban J connectivity index is 0.000000980. The van der Waals surface area contributed by atoms with Crippen molar-refractivity contribution in [1.29, 1.82) is 0 Å². The van der Waals surface area contributed by atoms with E-state index in [1.54, 1.807) is 0 Å². The van der Waals surface area contributed by atoms with Gasteiger partial charge in [-0.25, -0.2) is 0 Å². The molecule has 3 atom stereocenters. The van der Waals surface area contributed by atoms with E-state index in [0.29, 0.717) is 0 Å². The number of hydrogen-bond acceptors (Lipinski definition) is 0. The Morgan fingerprint density at radius 2 is 1.79 bits per heavy atom. The molecule has 0 aromatic carbocycles. The SMILES string of the molecule is CC1[CH-]C1C(C)CC1CCCCC1.[U]. The minimum Gasteiger partial charge on any atom is -0.327 e. The Morgan fingerprint density at radius 1 is 1.21 bits per heavy atom. The van der Waals surface area contributed by atoms with Crippen molar-refractivity contribution in [3.63, 3.8) is 0 Å². The van der Waals surface area contributed by atoms with Gasteiger partial charge in [-0.05, 0) is 5.92 Å². The molecule has 0 radical (unpaired) electrons. The third-order valence-electron chi connectivity index (χ3n) is 4.08. The fraction of sp³-hybridized carbons (Fsp3) is 0.923. The fourth-order valence-corrected chi connectivity index (χ4v) is 3.10.